The largest absolute Gasteiger partial charge is 0.184 e. The molecule has 22 heavy (non-hydrogen) atoms. The Balaban J connectivity index is 1.67. The Bertz CT molecular complexity index is 700. The van der Waals surface area contributed by atoms with E-state index in [1.54, 1.807) is 11.3 Å². The summed E-state index contributed by atoms with van der Waals surface area (Å²) in [5.74, 6) is 0. The van der Waals surface area contributed by atoms with E-state index in [4.69, 9.17) is 5.10 Å². The second kappa shape index (κ2) is 7.54. The van der Waals surface area contributed by atoms with E-state index in [9.17, 15) is 0 Å². The lowest BCUT2D eigenvalue weighted by Gasteiger charge is -2.00. The van der Waals surface area contributed by atoms with Crippen molar-refractivity contribution in [1.82, 2.24) is 15.0 Å². The molecule has 0 bridgehead atoms. The second-order valence-electron chi connectivity index (χ2n) is 5.71. The molecule has 0 unspecified atom stereocenters. The summed E-state index contributed by atoms with van der Waals surface area (Å²) >= 11 is 1.75. The Labute approximate surface area is 136 Å². The minimum absolute atomic E-state index is 0.921. The smallest absolute Gasteiger partial charge is 0.121 e. The van der Waals surface area contributed by atoms with Gasteiger partial charge in [-0.1, -0.05) is 57.2 Å². The van der Waals surface area contributed by atoms with Gasteiger partial charge >= 0.3 is 0 Å². The number of unbranched alkanes of at least 4 members (excludes halogenated alkanes) is 5. The highest BCUT2D eigenvalue weighted by Crippen LogP contribution is 2.29. The number of aromatic nitrogens is 3. The third-order valence-electron chi connectivity index (χ3n) is 3.95. The Morgan fingerprint density at radius 3 is 2.64 bits per heavy atom. The Morgan fingerprint density at radius 1 is 0.955 bits per heavy atom. The maximum absolute atomic E-state index is 4.71. The number of nitrogens with zero attached hydrogens (tertiary/aromatic N) is 3. The lowest BCUT2D eigenvalue weighted by Crippen LogP contribution is -2.02. The van der Waals surface area contributed by atoms with Crippen LogP contribution in [-0.4, -0.2) is 15.0 Å². The molecule has 3 aromatic rings. The van der Waals surface area contributed by atoms with E-state index >= 15 is 0 Å². The topological polar surface area (TPSA) is 30.7 Å². The molecule has 3 rings (SSSR count). The Morgan fingerprint density at radius 2 is 1.82 bits per heavy atom. The number of benzene rings is 1. The zero-order chi connectivity index (χ0) is 15.2. The summed E-state index contributed by atoms with van der Waals surface area (Å²) in [4.78, 5) is 3.14. The highest BCUT2D eigenvalue weighted by Gasteiger charge is 2.09. The molecular formula is C18H23N3S. The maximum atomic E-state index is 4.71. The first-order valence-corrected chi connectivity index (χ1v) is 9.14. The number of fused-ring (bicyclic) bond motifs is 1. The van der Waals surface area contributed by atoms with Gasteiger partial charge in [0.05, 0.1) is 6.54 Å². The molecule has 0 radical (unpaired) electrons. The van der Waals surface area contributed by atoms with Crippen molar-refractivity contribution >= 4 is 22.4 Å². The van der Waals surface area contributed by atoms with Crippen molar-refractivity contribution in [1.29, 1.82) is 0 Å². The monoisotopic (exact) mass is 313 g/mol. The standard InChI is InChI=1S/C18H23N3S/c1-2-3-4-5-6-7-13-21-19-16-11-8-10-15(18(16)20-21)17-12-9-14-22-17/h8-12,14H,2-7,13H2,1H3. The predicted octanol–water partition coefficient (Wildman–Crippen LogP) is 5.52. The molecule has 4 heteroatoms. The first-order chi connectivity index (χ1) is 10.9. The van der Waals surface area contributed by atoms with Crippen molar-refractivity contribution in [3.8, 4) is 10.4 Å². The second-order valence-corrected chi connectivity index (χ2v) is 6.66. The van der Waals surface area contributed by atoms with Gasteiger partial charge < -0.3 is 0 Å². The summed E-state index contributed by atoms with van der Waals surface area (Å²) in [6.45, 7) is 3.18. The zero-order valence-corrected chi connectivity index (χ0v) is 14.0. The van der Waals surface area contributed by atoms with Crippen molar-refractivity contribution in [2.75, 3.05) is 0 Å². The molecule has 1 aromatic carbocycles. The summed E-state index contributed by atoms with van der Waals surface area (Å²) in [6.07, 6.45) is 7.78. The van der Waals surface area contributed by atoms with Crippen LogP contribution in [0.2, 0.25) is 0 Å². The van der Waals surface area contributed by atoms with Gasteiger partial charge in [0.25, 0.3) is 0 Å². The molecule has 3 nitrogen and oxygen atoms in total. The van der Waals surface area contributed by atoms with Crippen molar-refractivity contribution in [3.05, 3.63) is 35.7 Å². The van der Waals surface area contributed by atoms with Crippen LogP contribution >= 0.6 is 11.3 Å². The average molecular weight is 313 g/mol. The van der Waals surface area contributed by atoms with Gasteiger partial charge in [0.2, 0.25) is 0 Å². The van der Waals surface area contributed by atoms with Gasteiger partial charge in [0.15, 0.2) is 0 Å². The summed E-state index contributed by atoms with van der Waals surface area (Å²) in [6, 6.07) is 10.5. The molecule has 0 fully saturated rings. The van der Waals surface area contributed by atoms with Crippen LogP contribution in [0.1, 0.15) is 45.4 Å². The molecule has 0 spiro atoms. The molecule has 0 saturated carbocycles. The van der Waals surface area contributed by atoms with Crippen LogP contribution in [0.15, 0.2) is 35.7 Å². The fraction of sp³-hybridized carbons (Fsp3) is 0.444. The third kappa shape index (κ3) is 3.55. The summed E-state index contributed by atoms with van der Waals surface area (Å²) in [5, 5.41) is 11.4. The van der Waals surface area contributed by atoms with Crippen molar-refractivity contribution in [3.63, 3.8) is 0 Å². The maximum Gasteiger partial charge on any atom is 0.121 e. The lowest BCUT2D eigenvalue weighted by molar-refractivity contribution is 0.488. The Kier molecular flexibility index (Phi) is 5.22. The van der Waals surface area contributed by atoms with Crippen molar-refractivity contribution < 1.29 is 0 Å². The van der Waals surface area contributed by atoms with Crippen molar-refractivity contribution in [2.24, 2.45) is 0 Å². The zero-order valence-electron chi connectivity index (χ0n) is 13.2. The van der Waals surface area contributed by atoms with Crippen LogP contribution in [0.5, 0.6) is 0 Å². The third-order valence-corrected chi connectivity index (χ3v) is 4.85. The summed E-state index contributed by atoms with van der Waals surface area (Å²) in [7, 11) is 0. The highest BCUT2D eigenvalue weighted by atomic mass is 32.1. The van der Waals surface area contributed by atoms with Crippen LogP contribution in [0.25, 0.3) is 21.5 Å². The molecule has 116 valence electrons. The van der Waals surface area contributed by atoms with E-state index in [-0.39, 0.29) is 0 Å². The number of thiophene rings is 1. The normalized spacial score (nSPS) is 11.3. The minimum atomic E-state index is 0.921. The summed E-state index contributed by atoms with van der Waals surface area (Å²) < 4.78 is 0. The van der Waals surface area contributed by atoms with Gasteiger partial charge in [-0.3, -0.25) is 0 Å². The number of rotatable bonds is 8. The quantitative estimate of drug-likeness (QED) is 0.513. The van der Waals surface area contributed by atoms with Gasteiger partial charge in [0.1, 0.15) is 11.0 Å². The molecule has 2 aromatic heterocycles. The van der Waals surface area contributed by atoms with Crippen LogP contribution in [0.4, 0.5) is 0 Å². The van der Waals surface area contributed by atoms with Gasteiger partial charge in [-0.2, -0.15) is 15.0 Å². The van der Waals surface area contributed by atoms with Gasteiger partial charge in [-0.05, 0) is 23.9 Å². The van der Waals surface area contributed by atoms with E-state index in [1.165, 1.54) is 49.0 Å². The number of aryl methyl sites for hydroxylation is 1. The van der Waals surface area contributed by atoms with E-state index in [0.717, 1.165) is 17.6 Å². The van der Waals surface area contributed by atoms with Gasteiger partial charge in [-0.25, -0.2) is 0 Å². The first-order valence-electron chi connectivity index (χ1n) is 8.26. The highest BCUT2D eigenvalue weighted by molar-refractivity contribution is 7.13. The molecule has 0 aliphatic rings. The molecule has 0 aliphatic carbocycles. The van der Waals surface area contributed by atoms with Crippen LogP contribution in [-0.2, 0) is 6.54 Å². The molecule has 0 N–H and O–H groups in total. The SMILES string of the molecule is CCCCCCCCn1nc2cccc(-c3cccs3)c2n1. The van der Waals surface area contributed by atoms with Crippen LogP contribution < -0.4 is 0 Å². The molecule has 0 amide bonds. The predicted molar refractivity (Wildman–Crippen MR) is 94.2 cm³/mol. The molecular weight excluding hydrogens is 290 g/mol. The van der Waals surface area contributed by atoms with E-state index in [2.05, 4.69) is 47.7 Å². The summed E-state index contributed by atoms with van der Waals surface area (Å²) in [5.41, 5.74) is 3.22. The lowest BCUT2D eigenvalue weighted by atomic mass is 10.1. The number of hydrogen-bond donors (Lipinski definition) is 0. The molecule has 0 saturated heterocycles. The molecule has 0 aliphatic heterocycles. The molecule has 2 heterocycles. The van der Waals surface area contributed by atoms with Gasteiger partial charge in [-0.15, -0.1) is 11.3 Å². The Hall–Kier alpha value is -1.68. The van der Waals surface area contributed by atoms with Crippen molar-refractivity contribution in [2.45, 2.75) is 52.0 Å². The number of hydrogen-bond acceptors (Lipinski definition) is 3. The minimum Gasteiger partial charge on any atom is -0.184 e. The van der Waals surface area contributed by atoms with E-state index in [1.807, 2.05) is 4.80 Å². The first kappa shape index (κ1) is 15.2. The fourth-order valence-corrected chi connectivity index (χ4v) is 3.50. The fourth-order valence-electron chi connectivity index (χ4n) is 2.74. The van der Waals surface area contributed by atoms with Gasteiger partial charge in [0, 0.05) is 10.4 Å². The average Bonchev–Trinajstić information content (AvgIpc) is 3.19. The van der Waals surface area contributed by atoms with E-state index in [0.29, 0.717) is 0 Å². The van der Waals surface area contributed by atoms with Crippen LogP contribution in [0.3, 0.4) is 0 Å². The van der Waals surface area contributed by atoms with E-state index < -0.39 is 0 Å². The van der Waals surface area contributed by atoms with Crippen LogP contribution in [0, 0.1) is 0 Å². The molecule has 0 atom stereocenters.